The molecule has 3 rings (SSSR count). The van der Waals surface area contributed by atoms with Crippen LogP contribution in [0.25, 0.3) is 10.9 Å². The summed E-state index contributed by atoms with van der Waals surface area (Å²) in [7, 11) is 0. The highest BCUT2D eigenvalue weighted by Crippen LogP contribution is 2.35. The largest absolute Gasteiger partial charge is 0.454 e. The zero-order chi connectivity index (χ0) is 14.1. The average Bonchev–Trinajstić information content (AvgIpc) is 2.44. The van der Waals surface area contributed by atoms with Gasteiger partial charge in [-0.2, -0.15) is 0 Å². The van der Waals surface area contributed by atoms with Crippen LogP contribution in [0.4, 0.5) is 10.1 Å². The van der Waals surface area contributed by atoms with Crippen LogP contribution in [0.5, 0.6) is 11.5 Å². The number of hydrogen-bond acceptors (Lipinski definition) is 3. The van der Waals surface area contributed by atoms with Crippen LogP contribution in [0.1, 0.15) is 5.56 Å². The molecule has 1 aromatic heterocycles. The van der Waals surface area contributed by atoms with E-state index in [1.807, 2.05) is 24.3 Å². The number of nitrogens with zero attached hydrogens (tertiary/aromatic N) is 1. The molecule has 0 bridgehead atoms. The van der Waals surface area contributed by atoms with Gasteiger partial charge in [-0.05, 0) is 42.8 Å². The second-order valence-corrected chi connectivity index (χ2v) is 4.57. The number of aryl methyl sites for hydroxylation is 1. The van der Waals surface area contributed by atoms with Gasteiger partial charge in [-0.25, -0.2) is 4.39 Å². The van der Waals surface area contributed by atoms with Crippen molar-refractivity contribution in [2.24, 2.45) is 0 Å². The fourth-order valence-corrected chi connectivity index (χ4v) is 2.08. The number of fused-ring (bicyclic) bond motifs is 1. The first-order chi connectivity index (χ1) is 9.65. The van der Waals surface area contributed by atoms with Crippen molar-refractivity contribution < 1.29 is 9.13 Å². The van der Waals surface area contributed by atoms with E-state index in [1.165, 1.54) is 12.1 Å². The molecule has 1 heterocycles. The maximum absolute atomic E-state index is 13.1. The SMILES string of the molecule is Cc1cc(F)ccc1Oc1c(N)cnc2ccccc12. The summed E-state index contributed by atoms with van der Waals surface area (Å²) in [5.74, 6) is 0.835. The quantitative estimate of drug-likeness (QED) is 0.762. The molecule has 0 aliphatic heterocycles. The lowest BCUT2D eigenvalue weighted by atomic mass is 10.2. The van der Waals surface area contributed by atoms with E-state index in [1.54, 1.807) is 19.2 Å². The van der Waals surface area contributed by atoms with Crippen molar-refractivity contribution in [3.8, 4) is 11.5 Å². The van der Waals surface area contributed by atoms with Gasteiger partial charge < -0.3 is 10.5 Å². The molecule has 3 aromatic rings. The summed E-state index contributed by atoms with van der Waals surface area (Å²) in [5.41, 5.74) is 7.92. The highest BCUT2D eigenvalue weighted by Gasteiger charge is 2.10. The lowest BCUT2D eigenvalue weighted by Gasteiger charge is -2.13. The van der Waals surface area contributed by atoms with Gasteiger partial charge in [0.05, 0.1) is 17.4 Å². The van der Waals surface area contributed by atoms with Gasteiger partial charge >= 0.3 is 0 Å². The summed E-state index contributed by atoms with van der Waals surface area (Å²) in [6, 6.07) is 12.0. The van der Waals surface area contributed by atoms with E-state index in [-0.39, 0.29) is 5.82 Å². The fraction of sp³-hybridized carbons (Fsp3) is 0.0625. The average molecular weight is 268 g/mol. The number of pyridine rings is 1. The van der Waals surface area contributed by atoms with Crippen LogP contribution in [0, 0.1) is 12.7 Å². The van der Waals surface area contributed by atoms with Crippen molar-refractivity contribution in [3.05, 3.63) is 60.0 Å². The van der Waals surface area contributed by atoms with Gasteiger partial charge in [0.25, 0.3) is 0 Å². The minimum absolute atomic E-state index is 0.289. The molecule has 4 heteroatoms. The van der Waals surface area contributed by atoms with Gasteiger partial charge in [-0.1, -0.05) is 12.1 Å². The van der Waals surface area contributed by atoms with Gasteiger partial charge in [0.1, 0.15) is 11.6 Å². The maximum atomic E-state index is 13.1. The zero-order valence-corrected chi connectivity index (χ0v) is 10.9. The number of benzene rings is 2. The Morgan fingerprint density at radius 3 is 2.75 bits per heavy atom. The van der Waals surface area contributed by atoms with E-state index in [4.69, 9.17) is 10.5 Å². The van der Waals surface area contributed by atoms with Crippen LogP contribution in [-0.4, -0.2) is 4.98 Å². The number of anilines is 1. The number of aromatic nitrogens is 1. The molecule has 2 aromatic carbocycles. The fourth-order valence-electron chi connectivity index (χ4n) is 2.08. The predicted octanol–water partition coefficient (Wildman–Crippen LogP) is 4.06. The third-order valence-electron chi connectivity index (χ3n) is 3.10. The Labute approximate surface area is 115 Å². The van der Waals surface area contributed by atoms with Gasteiger partial charge in [0, 0.05) is 5.39 Å². The maximum Gasteiger partial charge on any atom is 0.161 e. The van der Waals surface area contributed by atoms with Crippen LogP contribution in [-0.2, 0) is 0 Å². The molecule has 100 valence electrons. The van der Waals surface area contributed by atoms with E-state index in [0.29, 0.717) is 22.7 Å². The molecule has 2 N–H and O–H groups in total. The summed E-state index contributed by atoms with van der Waals surface area (Å²) >= 11 is 0. The summed E-state index contributed by atoms with van der Waals surface area (Å²) in [6.45, 7) is 1.79. The number of ether oxygens (including phenoxy) is 1. The monoisotopic (exact) mass is 268 g/mol. The van der Waals surface area contributed by atoms with Crippen molar-refractivity contribution in [1.29, 1.82) is 0 Å². The predicted molar refractivity (Wildman–Crippen MR) is 77.4 cm³/mol. The number of para-hydroxylation sites is 1. The number of halogens is 1. The van der Waals surface area contributed by atoms with Crippen molar-refractivity contribution in [2.75, 3.05) is 5.73 Å². The van der Waals surface area contributed by atoms with Crippen LogP contribution in [0.3, 0.4) is 0 Å². The molecule has 0 unspecified atom stereocenters. The molecule has 0 radical (unpaired) electrons. The second kappa shape index (κ2) is 4.81. The highest BCUT2D eigenvalue weighted by molar-refractivity contribution is 5.89. The second-order valence-electron chi connectivity index (χ2n) is 4.57. The number of rotatable bonds is 2. The van der Waals surface area contributed by atoms with Gasteiger partial charge in [0.15, 0.2) is 5.75 Å². The summed E-state index contributed by atoms with van der Waals surface area (Å²) in [6.07, 6.45) is 1.57. The van der Waals surface area contributed by atoms with E-state index >= 15 is 0 Å². The van der Waals surface area contributed by atoms with Crippen molar-refractivity contribution in [1.82, 2.24) is 4.98 Å². The van der Waals surface area contributed by atoms with Crippen molar-refractivity contribution in [3.63, 3.8) is 0 Å². The lowest BCUT2D eigenvalue weighted by molar-refractivity contribution is 0.484. The third kappa shape index (κ3) is 2.16. The molecule has 0 saturated carbocycles. The standard InChI is InChI=1S/C16H13FN2O/c1-10-8-11(17)6-7-15(10)20-16-12-4-2-3-5-14(12)19-9-13(16)18/h2-9H,18H2,1H3. The Morgan fingerprint density at radius 2 is 1.95 bits per heavy atom. The van der Waals surface area contributed by atoms with Gasteiger partial charge in [0.2, 0.25) is 0 Å². The minimum Gasteiger partial charge on any atom is -0.454 e. The molecular weight excluding hydrogens is 255 g/mol. The number of nitrogens with two attached hydrogens (primary N) is 1. The molecule has 0 fully saturated rings. The first-order valence-corrected chi connectivity index (χ1v) is 6.22. The summed E-state index contributed by atoms with van der Waals surface area (Å²) in [5, 5.41) is 0.830. The van der Waals surface area contributed by atoms with E-state index in [9.17, 15) is 4.39 Å². The Hall–Kier alpha value is -2.62. The highest BCUT2D eigenvalue weighted by atomic mass is 19.1. The van der Waals surface area contributed by atoms with Crippen LogP contribution < -0.4 is 10.5 Å². The van der Waals surface area contributed by atoms with Crippen molar-refractivity contribution in [2.45, 2.75) is 6.92 Å². The van der Waals surface area contributed by atoms with Gasteiger partial charge in [-0.15, -0.1) is 0 Å². The molecular formula is C16H13FN2O. The topological polar surface area (TPSA) is 48.1 Å². The Morgan fingerprint density at radius 1 is 1.15 bits per heavy atom. The van der Waals surface area contributed by atoms with E-state index in [0.717, 1.165) is 10.9 Å². The van der Waals surface area contributed by atoms with Crippen LogP contribution in [0.15, 0.2) is 48.7 Å². The first-order valence-electron chi connectivity index (χ1n) is 6.22. The molecule has 0 aliphatic rings. The number of hydrogen-bond donors (Lipinski definition) is 1. The molecule has 0 saturated heterocycles. The lowest BCUT2D eigenvalue weighted by Crippen LogP contribution is -1.96. The van der Waals surface area contributed by atoms with E-state index in [2.05, 4.69) is 4.98 Å². The zero-order valence-electron chi connectivity index (χ0n) is 10.9. The molecule has 0 amide bonds. The third-order valence-corrected chi connectivity index (χ3v) is 3.10. The first kappa shape index (κ1) is 12.4. The molecule has 0 spiro atoms. The molecule has 0 atom stereocenters. The van der Waals surface area contributed by atoms with Crippen molar-refractivity contribution >= 4 is 16.6 Å². The van der Waals surface area contributed by atoms with Gasteiger partial charge in [-0.3, -0.25) is 4.98 Å². The Balaban J connectivity index is 2.12. The Bertz CT molecular complexity index is 787. The van der Waals surface area contributed by atoms with E-state index < -0.39 is 0 Å². The van der Waals surface area contributed by atoms with Crippen LogP contribution >= 0.6 is 0 Å². The molecule has 20 heavy (non-hydrogen) atoms. The Kier molecular flexibility index (Phi) is 2.99. The molecule has 0 aliphatic carbocycles. The van der Waals surface area contributed by atoms with Crippen LogP contribution in [0.2, 0.25) is 0 Å². The normalized spacial score (nSPS) is 10.7. The smallest absolute Gasteiger partial charge is 0.161 e. The summed E-state index contributed by atoms with van der Waals surface area (Å²) in [4.78, 5) is 4.25. The summed E-state index contributed by atoms with van der Waals surface area (Å²) < 4.78 is 19.0. The molecule has 3 nitrogen and oxygen atoms in total. The minimum atomic E-state index is -0.289. The number of nitrogen functional groups attached to an aromatic ring is 1.